The summed E-state index contributed by atoms with van der Waals surface area (Å²) >= 11 is 0. The minimum atomic E-state index is -0.942. The van der Waals surface area contributed by atoms with Gasteiger partial charge >= 0.3 is 5.97 Å². The third-order valence-corrected chi connectivity index (χ3v) is 6.09. The van der Waals surface area contributed by atoms with Crippen LogP contribution in [0.15, 0.2) is 54.1 Å². The van der Waals surface area contributed by atoms with Crippen LogP contribution in [0.25, 0.3) is 10.9 Å². The molecule has 4 rings (SSSR count). The molecule has 2 aromatic carbocycles. The van der Waals surface area contributed by atoms with Crippen LogP contribution in [0.4, 0.5) is 4.39 Å². The Labute approximate surface area is 182 Å². The zero-order chi connectivity index (χ0) is 21.8. The molecule has 0 saturated heterocycles. The summed E-state index contributed by atoms with van der Waals surface area (Å²) < 4.78 is 15.2. The Bertz CT molecular complexity index is 1110. The van der Waals surface area contributed by atoms with Crippen molar-refractivity contribution in [3.05, 3.63) is 82.3 Å². The molecule has 0 fully saturated rings. The zero-order valence-corrected chi connectivity index (χ0v) is 18.0. The molecule has 0 saturated carbocycles. The molecule has 2 N–H and O–H groups in total. The van der Waals surface area contributed by atoms with E-state index in [1.165, 1.54) is 43.4 Å². The molecule has 31 heavy (non-hydrogen) atoms. The van der Waals surface area contributed by atoms with Crippen molar-refractivity contribution in [1.82, 2.24) is 9.88 Å². The van der Waals surface area contributed by atoms with Gasteiger partial charge in [0.25, 0.3) is 0 Å². The number of rotatable bonds is 8. The van der Waals surface area contributed by atoms with Crippen molar-refractivity contribution in [1.29, 1.82) is 0 Å². The first-order valence-corrected chi connectivity index (χ1v) is 11.0. The van der Waals surface area contributed by atoms with Crippen molar-refractivity contribution in [2.45, 2.75) is 52.1 Å². The molecule has 0 radical (unpaired) electrons. The van der Waals surface area contributed by atoms with Crippen molar-refractivity contribution >= 4 is 16.9 Å². The van der Waals surface area contributed by atoms with Gasteiger partial charge in [0.05, 0.1) is 0 Å². The fourth-order valence-electron chi connectivity index (χ4n) is 4.49. The lowest BCUT2D eigenvalue weighted by molar-refractivity contribution is 0.0684. The molecule has 1 aromatic heterocycles. The van der Waals surface area contributed by atoms with Crippen LogP contribution in [0.3, 0.4) is 0 Å². The van der Waals surface area contributed by atoms with E-state index < -0.39 is 5.97 Å². The predicted molar refractivity (Wildman–Crippen MR) is 122 cm³/mol. The van der Waals surface area contributed by atoms with E-state index in [0.29, 0.717) is 18.8 Å². The lowest BCUT2D eigenvalue weighted by atomic mass is 9.97. The number of halogens is 1. The number of carbonyl (C=O) groups is 1. The van der Waals surface area contributed by atoms with Gasteiger partial charge in [0.1, 0.15) is 11.5 Å². The molecule has 0 spiro atoms. The number of aromatic nitrogens is 1. The van der Waals surface area contributed by atoms with Gasteiger partial charge in [-0.05, 0) is 74.9 Å². The number of aryl methyl sites for hydroxylation is 1. The number of nitrogens with one attached hydrogen (secondary N) is 1. The van der Waals surface area contributed by atoms with E-state index in [9.17, 15) is 14.3 Å². The molecular formula is C26H29FN2O2. The van der Waals surface area contributed by atoms with Crippen LogP contribution in [0, 0.1) is 12.7 Å². The van der Waals surface area contributed by atoms with Gasteiger partial charge in [-0.25, -0.2) is 9.18 Å². The summed E-state index contributed by atoms with van der Waals surface area (Å²) in [5, 5.41) is 14.5. The summed E-state index contributed by atoms with van der Waals surface area (Å²) in [7, 11) is 0. The topological polar surface area (TPSA) is 54.3 Å². The summed E-state index contributed by atoms with van der Waals surface area (Å²) in [5.41, 5.74) is 5.45. The summed E-state index contributed by atoms with van der Waals surface area (Å²) in [5.74, 6) is -1.24. The number of carboxylic acids is 1. The van der Waals surface area contributed by atoms with Crippen LogP contribution in [0.2, 0.25) is 0 Å². The molecule has 4 nitrogen and oxygen atoms in total. The lowest BCUT2D eigenvalue weighted by Crippen LogP contribution is -2.19. The van der Waals surface area contributed by atoms with Crippen molar-refractivity contribution in [2.75, 3.05) is 6.54 Å². The number of hydrogen-bond acceptors (Lipinski definition) is 2. The standard InChI is InChI=1S/C26H29FN2O2/c1-18-7-12-22-23(16-28-14-13-19-5-3-2-4-6-19)25(26(30)31)29(24(22)15-18)17-20-8-10-21(27)11-9-20/h5,7-12,15,28H,2-4,6,13-14,16-17H2,1H3,(H,30,31). The Morgan fingerprint density at radius 2 is 1.97 bits per heavy atom. The molecule has 0 unspecified atom stereocenters. The molecule has 1 aliphatic carbocycles. The highest BCUT2D eigenvalue weighted by Crippen LogP contribution is 2.29. The largest absolute Gasteiger partial charge is 0.477 e. The number of aromatic carboxylic acids is 1. The predicted octanol–water partition coefficient (Wildman–Crippen LogP) is 5.82. The SMILES string of the molecule is Cc1ccc2c(CNCCC3=CCCCC3)c(C(=O)O)n(Cc3ccc(F)cc3)c2c1. The first kappa shape index (κ1) is 21.3. The highest BCUT2D eigenvalue weighted by molar-refractivity contribution is 5.98. The van der Waals surface area contributed by atoms with Crippen molar-refractivity contribution in [3.63, 3.8) is 0 Å². The van der Waals surface area contributed by atoms with Crippen LogP contribution in [-0.2, 0) is 13.1 Å². The van der Waals surface area contributed by atoms with E-state index in [1.54, 1.807) is 12.1 Å². The van der Waals surface area contributed by atoms with E-state index >= 15 is 0 Å². The van der Waals surface area contributed by atoms with Gasteiger partial charge in [0, 0.05) is 29.6 Å². The van der Waals surface area contributed by atoms with Crippen molar-refractivity contribution in [3.8, 4) is 0 Å². The van der Waals surface area contributed by atoms with E-state index in [1.807, 2.05) is 29.7 Å². The summed E-state index contributed by atoms with van der Waals surface area (Å²) in [4.78, 5) is 12.3. The molecule has 5 heteroatoms. The molecular weight excluding hydrogens is 391 g/mol. The number of benzene rings is 2. The van der Waals surface area contributed by atoms with Crippen LogP contribution >= 0.6 is 0 Å². The van der Waals surface area contributed by atoms with Gasteiger partial charge in [-0.3, -0.25) is 0 Å². The second-order valence-corrected chi connectivity index (χ2v) is 8.40. The van der Waals surface area contributed by atoms with Crippen LogP contribution in [0.1, 0.15) is 59.3 Å². The zero-order valence-electron chi connectivity index (χ0n) is 18.0. The molecule has 3 aromatic rings. The molecule has 162 valence electrons. The summed E-state index contributed by atoms with van der Waals surface area (Å²) in [6.45, 7) is 3.73. The molecule has 0 aliphatic heterocycles. The number of allylic oxidation sites excluding steroid dienone is 1. The van der Waals surface area contributed by atoms with Crippen LogP contribution in [-0.4, -0.2) is 22.2 Å². The quantitative estimate of drug-likeness (QED) is 0.357. The third-order valence-electron chi connectivity index (χ3n) is 6.09. The molecule has 1 aliphatic rings. The van der Waals surface area contributed by atoms with Crippen molar-refractivity contribution < 1.29 is 14.3 Å². The maximum absolute atomic E-state index is 13.3. The smallest absolute Gasteiger partial charge is 0.352 e. The average Bonchev–Trinajstić information content (AvgIpc) is 3.06. The molecule has 0 amide bonds. The van der Waals surface area contributed by atoms with Gasteiger partial charge in [-0.15, -0.1) is 0 Å². The normalized spacial score (nSPS) is 14.1. The van der Waals surface area contributed by atoms with Crippen molar-refractivity contribution in [2.24, 2.45) is 0 Å². The Balaban J connectivity index is 1.63. The number of carboxylic acid groups (broad SMARTS) is 1. The molecule has 0 bridgehead atoms. The number of hydrogen-bond donors (Lipinski definition) is 2. The minimum absolute atomic E-state index is 0.298. The highest BCUT2D eigenvalue weighted by atomic mass is 19.1. The highest BCUT2D eigenvalue weighted by Gasteiger charge is 2.22. The van der Waals surface area contributed by atoms with E-state index in [4.69, 9.17) is 0 Å². The Kier molecular flexibility index (Phi) is 6.52. The first-order chi connectivity index (χ1) is 15.0. The maximum atomic E-state index is 13.3. The molecule has 0 atom stereocenters. The summed E-state index contributed by atoms with van der Waals surface area (Å²) in [6.07, 6.45) is 8.27. The van der Waals surface area contributed by atoms with Crippen LogP contribution in [0.5, 0.6) is 0 Å². The van der Waals surface area contributed by atoms with Gasteiger partial charge in [-0.2, -0.15) is 0 Å². The lowest BCUT2D eigenvalue weighted by Gasteiger charge is -2.13. The van der Waals surface area contributed by atoms with Gasteiger partial charge in [-0.1, -0.05) is 35.9 Å². The van der Waals surface area contributed by atoms with E-state index in [0.717, 1.165) is 40.6 Å². The fraction of sp³-hybridized carbons (Fsp3) is 0.346. The third kappa shape index (κ3) is 4.88. The minimum Gasteiger partial charge on any atom is -0.477 e. The Morgan fingerprint density at radius 1 is 1.16 bits per heavy atom. The van der Waals surface area contributed by atoms with E-state index in [-0.39, 0.29) is 5.82 Å². The Morgan fingerprint density at radius 3 is 2.68 bits per heavy atom. The fourth-order valence-corrected chi connectivity index (χ4v) is 4.49. The van der Waals surface area contributed by atoms with Gasteiger partial charge in [0.2, 0.25) is 0 Å². The number of nitrogens with zero attached hydrogens (tertiary/aromatic N) is 1. The number of fused-ring (bicyclic) bond motifs is 1. The average molecular weight is 421 g/mol. The second kappa shape index (κ2) is 9.48. The van der Waals surface area contributed by atoms with Crippen LogP contribution < -0.4 is 5.32 Å². The maximum Gasteiger partial charge on any atom is 0.352 e. The Hall–Kier alpha value is -2.92. The second-order valence-electron chi connectivity index (χ2n) is 8.40. The van der Waals surface area contributed by atoms with Gasteiger partial charge in [0.15, 0.2) is 0 Å². The molecule has 1 heterocycles. The monoisotopic (exact) mass is 420 g/mol. The summed E-state index contributed by atoms with van der Waals surface area (Å²) in [6, 6.07) is 12.3. The van der Waals surface area contributed by atoms with E-state index in [2.05, 4.69) is 11.4 Å². The van der Waals surface area contributed by atoms with Gasteiger partial charge < -0.3 is 15.0 Å². The first-order valence-electron chi connectivity index (χ1n) is 11.0.